The van der Waals surface area contributed by atoms with Crippen LogP contribution >= 0.6 is 23.2 Å². The zero-order valence-electron chi connectivity index (χ0n) is 86.4. The van der Waals surface area contributed by atoms with E-state index < -0.39 is 0 Å². The summed E-state index contributed by atoms with van der Waals surface area (Å²) >= 11 is 9.53. The molecule has 0 heterocycles. The Balaban J connectivity index is 0.000000288. The highest BCUT2D eigenvalue weighted by Gasteiger charge is 2.27. The second-order valence-corrected chi connectivity index (χ2v) is 44.2. The Labute approximate surface area is 824 Å². The maximum atomic E-state index is 10.6. The van der Waals surface area contributed by atoms with E-state index in [4.69, 9.17) is 23.2 Å². The van der Waals surface area contributed by atoms with E-state index in [1.165, 1.54) is 95.9 Å². The highest BCUT2D eigenvalue weighted by atomic mass is 35.5. The number of alkyl halides is 2. The molecule has 0 atom stereocenters. The molecule has 0 amide bonds. The van der Waals surface area contributed by atoms with Crippen LogP contribution in [0.4, 0.5) is 68.2 Å². The Kier molecular flexibility index (Phi) is 38.4. The van der Waals surface area contributed by atoms with Gasteiger partial charge in [0, 0.05) is 68.2 Å². The molecule has 704 valence electrons. The Hall–Kier alpha value is -12.1. The maximum Gasteiger partial charge on any atom is 0.101 e. The average molecular weight is 1840 g/mol. The zero-order chi connectivity index (χ0) is 99.6. The van der Waals surface area contributed by atoms with Gasteiger partial charge in [-0.25, -0.2) is 0 Å². The third kappa shape index (κ3) is 29.9. The van der Waals surface area contributed by atoms with Crippen molar-refractivity contribution in [3.05, 3.63) is 358 Å². The Morgan fingerprint density at radius 2 is 0.274 bits per heavy atom. The fourth-order valence-corrected chi connectivity index (χ4v) is 15.8. The lowest BCUT2D eigenvalue weighted by molar-refractivity contribution is 0.590. The first-order valence-electron chi connectivity index (χ1n) is 48.3. The summed E-state index contributed by atoms with van der Waals surface area (Å²) < 4.78 is 0. The molecule has 0 aromatic heterocycles. The molecule has 0 aliphatic heterocycles. The van der Waals surface area contributed by atoms with Crippen molar-refractivity contribution in [2.45, 2.75) is 289 Å². The lowest BCUT2D eigenvalue weighted by Crippen LogP contribution is -2.14. The van der Waals surface area contributed by atoms with Gasteiger partial charge >= 0.3 is 0 Å². The topological polar surface area (TPSA) is 108 Å². The van der Waals surface area contributed by atoms with Crippen molar-refractivity contribution in [2.75, 3.05) is 24.9 Å². The molecule has 0 saturated heterocycles. The van der Waals surface area contributed by atoms with E-state index in [1.807, 2.05) is 97.1 Å². The third-order valence-electron chi connectivity index (χ3n) is 24.5. The molecule has 10 heteroatoms. The van der Waals surface area contributed by atoms with E-state index >= 15 is 0 Å². The molecule has 0 aliphatic rings. The molecule has 0 bridgehead atoms. The van der Waals surface area contributed by atoms with E-state index in [2.05, 4.69) is 432 Å². The minimum absolute atomic E-state index is 0.0360. The smallest absolute Gasteiger partial charge is 0.101 e. The number of unbranched alkanes of at least 4 members (excludes halogenated alkanes) is 6. The van der Waals surface area contributed by atoms with Gasteiger partial charge in [-0.05, 0) is 256 Å². The Morgan fingerprint density at radius 3 is 0.348 bits per heavy atom. The first-order chi connectivity index (χ1) is 63.6. The Bertz CT molecular complexity index is 4980. The number of nitriles is 4. The maximum absolute atomic E-state index is 10.6. The van der Waals surface area contributed by atoms with Crippen molar-refractivity contribution in [2.24, 2.45) is 0 Å². The number of rotatable bonds is 22. The van der Waals surface area contributed by atoms with Gasteiger partial charge in [-0.1, -0.05) is 391 Å². The van der Waals surface area contributed by atoms with Crippen LogP contribution in [-0.2, 0) is 43.3 Å². The number of halogens is 2. The van der Waals surface area contributed by atoms with E-state index in [0.29, 0.717) is 44.5 Å². The van der Waals surface area contributed by atoms with Gasteiger partial charge in [0.2, 0.25) is 0 Å². The predicted molar refractivity (Wildman–Crippen MR) is 586 cm³/mol. The minimum atomic E-state index is 0.0360. The molecule has 0 unspecified atom stereocenters. The standard InChI is InChI=1S/2C56H60N4.2C6H14.CH2Cl2/c2*1-53(2,3)41-17-29-47(30-18-41)59(48-31-19-42(20-32-48)54(4,5)6)45-25-13-39(14-26-45)51(37-57)52(38-58)40-15-27-46(28-16-40)60(49-33-21-43(22-34-49)55(7,8)9)50-35-23-44(24-36-50)56(10,11)12;2*1-3-5-6-4-2;2-1-3/h2*13-36H,1-12H3;2*3-6H2,1-2H3;1H2/b2*52-51-;;;. The largest absolute Gasteiger partial charge is 0.311 e. The van der Waals surface area contributed by atoms with Crippen molar-refractivity contribution >= 4 is 114 Å². The lowest BCUT2D eigenvalue weighted by atomic mass is 9.86. The Morgan fingerprint density at radius 1 is 0.185 bits per heavy atom. The SMILES string of the molecule is CC(C)(C)c1ccc(N(c2ccc(/C(C#N)=C(/C#N)c3ccc(N(c4ccc(C(C)(C)C)cc4)c4ccc(C(C)(C)C)cc4)cc3)cc2)c2ccc(C(C)(C)C)cc2)cc1.CC(C)(C)c1ccc(N(c2ccc(/C(C#N)=C(/C#N)c3ccc(N(c4ccc(C(C)(C)C)cc4)c4ccc(C(C)(C)C)cc4)cc3)cc2)c2ccc(C(C)(C)C)cc2)cc1.CCCCCC.CCCCCC.ClCCl. The fraction of sp³-hybridized carbons (Fsp3) is 0.360. The molecule has 0 aliphatic carbocycles. The van der Waals surface area contributed by atoms with Gasteiger partial charge in [0.25, 0.3) is 0 Å². The summed E-state index contributed by atoms with van der Waals surface area (Å²) in [7, 11) is 0. The van der Waals surface area contributed by atoms with Crippen LogP contribution in [0, 0.1) is 45.3 Å². The van der Waals surface area contributed by atoms with Crippen molar-refractivity contribution in [1.82, 2.24) is 0 Å². The summed E-state index contributed by atoms with van der Waals surface area (Å²) in [5.74, 6) is 0. The second-order valence-electron chi connectivity index (χ2n) is 43.4. The summed E-state index contributed by atoms with van der Waals surface area (Å²) in [4.78, 5) is 8.95. The normalized spacial score (nSPS) is 12.1. The van der Waals surface area contributed by atoms with Crippen LogP contribution < -0.4 is 19.6 Å². The van der Waals surface area contributed by atoms with Gasteiger partial charge in [-0.15, -0.1) is 23.2 Å². The highest BCUT2D eigenvalue weighted by molar-refractivity contribution is 6.40. The molecule has 135 heavy (non-hydrogen) atoms. The van der Waals surface area contributed by atoms with Crippen LogP contribution in [-0.4, -0.2) is 5.34 Å². The van der Waals surface area contributed by atoms with Crippen LogP contribution in [0.15, 0.2) is 291 Å². The molecule has 0 spiro atoms. The molecular formula is C125H150Cl2N8. The molecule has 0 radical (unpaired) electrons. The molecule has 0 saturated carbocycles. The highest BCUT2D eigenvalue weighted by Crippen LogP contribution is 2.45. The number of nitrogens with zero attached hydrogens (tertiary/aromatic N) is 8. The van der Waals surface area contributed by atoms with Gasteiger partial charge < -0.3 is 19.6 Å². The predicted octanol–water partition coefficient (Wildman–Crippen LogP) is 38.1. The number of benzene rings is 12. The van der Waals surface area contributed by atoms with Gasteiger partial charge in [-0.2, -0.15) is 21.0 Å². The molecule has 0 fully saturated rings. The van der Waals surface area contributed by atoms with E-state index in [1.54, 1.807) is 0 Å². The third-order valence-corrected chi connectivity index (χ3v) is 24.5. The molecular weight excluding hydrogens is 1680 g/mol. The second kappa shape index (κ2) is 47.9. The van der Waals surface area contributed by atoms with E-state index in [9.17, 15) is 21.0 Å². The van der Waals surface area contributed by atoms with Crippen LogP contribution in [0.3, 0.4) is 0 Å². The van der Waals surface area contributed by atoms with Crippen molar-refractivity contribution in [3.8, 4) is 24.3 Å². The van der Waals surface area contributed by atoms with Crippen molar-refractivity contribution < 1.29 is 0 Å². The summed E-state index contributed by atoms with van der Waals surface area (Å²) in [6.45, 7) is 62.3. The first-order valence-corrected chi connectivity index (χ1v) is 49.4. The van der Waals surface area contributed by atoms with E-state index in [-0.39, 0.29) is 48.7 Å². The molecule has 0 N–H and O–H groups in total. The van der Waals surface area contributed by atoms with Crippen molar-refractivity contribution in [1.29, 1.82) is 21.0 Å². The molecule has 12 rings (SSSR count). The van der Waals surface area contributed by atoms with E-state index in [0.717, 1.165) is 68.2 Å². The van der Waals surface area contributed by atoms with Crippen LogP contribution in [0.2, 0.25) is 0 Å². The van der Waals surface area contributed by atoms with Crippen LogP contribution in [0.25, 0.3) is 22.3 Å². The lowest BCUT2D eigenvalue weighted by Gasteiger charge is -2.28. The zero-order valence-corrected chi connectivity index (χ0v) is 87.9. The van der Waals surface area contributed by atoms with Gasteiger partial charge in [0.1, 0.15) is 24.3 Å². The average Bonchev–Trinajstić information content (AvgIpc) is 0.538. The van der Waals surface area contributed by atoms with Gasteiger partial charge in [-0.3, -0.25) is 0 Å². The number of anilines is 12. The summed E-state index contributed by atoms with van der Waals surface area (Å²) in [5.41, 5.74) is 26.6. The molecule has 12 aromatic carbocycles. The monoisotopic (exact) mass is 1830 g/mol. The van der Waals surface area contributed by atoms with Crippen molar-refractivity contribution in [3.63, 3.8) is 0 Å². The minimum Gasteiger partial charge on any atom is -0.311 e. The number of hydrogen-bond acceptors (Lipinski definition) is 8. The number of hydrogen-bond donors (Lipinski definition) is 0. The summed E-state index contributed by atoms with van der Waals surface area (Å²) in [5, 5.41) is 42.5. The summed E-state index contributed by atoms with van der Waals surface area (Å²) in [6.07, 6.45) is 11.1. The van der Waals surface area contributed by atoms with Gasteiger partial charge in [0.05, 0.1) is 27.6 Å². The van der Waals surface area contributed by atoms with Crippen LogP contribution in [0.1, 0.15) is 312 Å². The van der Waals surface area contributed by atoms with Crippen LogP contribution in [0.5, 0.6) is 0 Å². The molecule has 8 nitrogen and oxygen atoms in total. The summed E-state index contributed by atoms with van der Waals surface area (Å²) in [6, 6.07) is 111. The first kappa shape index (κ1) is 108. The fourth-order valence-electron chi connectivity index (χ4n) is 15.8. The molecule has 12 aromatic rings. The van der Waals surface area contributed by atoms with Gasteiger partial charge in [0.15, 0.2) is 0 Å². The number of allylic oxidation sites excluding steroid dienone is 4. The quantitative estimate of drug-likeness (QED) is 0.0286.